The standard InChI is InChI=1S/C22H20N2O4S2/c1-4-28-21(26)18-13(2)23-22-24(19(18)16-10-7-11-29-16)20(25)17(30-22)12-14-8-5-6-9-15(14)27-3/h5-12,19H,4H2,1-3H3/b17-12-/t19-/m0/s1. The molecule has 4 rings (SSSR count). The highest BCUT2D eigenvalue weighted by atomic mass is 32.1. The molecular formula is C22H20N2O4S2. The van der Waals surface area contributed by atoms with E-state index in [1.807, 2.05) is 41.8 Å². The Balaban J connectivity index is 1.95. The maximum absolute atomic E-state index is 13.4. The highest BCUT2D eigenvalue weighted by molar-refractivity contribution is 7.10. The lowest BCUT2D eigenvalue weighted by Crippen LogP contribution is -2.39. The molecule has 0 fully saturated rings. The molecule has 0 radical (unpaired) electrons. The molecule has 0 aliphatic carbocycles. The van der Waals surface area contributed by atoms with Gasteiger partial charge >= 0.3 is 5.97 Å². The van der Waals surface area contributed by atoms with Gasteiger partial charge in [0.25, 0.3) is 5.56 Å². The van der Waals surface area contributed by atoms with Gasteiger partial charge in [0.05, 0.1) is 29.5 Å². The van der Waals surface area contributed by atoms with Crippen LogP contribution in [0.3, 0.4) is 0 Å². The van der Waals surface area contributed by atoms with E-state index in [0.717, 1.165) is 10.4 Å². The number of hydrogen-bond donors (Lipinski definition) is 0. The Morgan fingerprint density at radius 1 is 1.27 bits per heavy atom. The summed E-state index contributed by atoms with van der Waals surface area (Å²) in [5.41, 5.74) is 1.57. The molecule has 2 aromatic heterocycles. The number of methoxy groups -OCH3 is 1. The number of aromatic nitrogens is 1. The zero-order valence-electron chi connectivity index (χ0n) is 16.7. The number of rotatable bonds is 5. The van der Waals surface area contributed by atoms with Gasteiger partial charge < -0.3 is 9.47 Å². The van der Waals surface area contributed by atoms with Crippen molar-refractivity contribution < 1.29 is 14.3 Å². The summed E-state index contributed by atoms with van der Waals surface area (Å²) in [6, 6.07) is 10.8. The molecule has 0 N–H and O–H groups in total. The molecule has 0 saturated heterocycles. The van der Waals surface area contributed by atoms with Gasteiger partial charge in [-0.15, -0.1) is 11.3 Å². The minimum absolute atomic E-state index is 0.197. The first-order valence-corrected chi connectivity index (χ1v) is 11.1. The molecule has 3 aromatic rings. The second kappa shape index (κ2) is 8.41. The number of allylic oxidation sites excluding steroid dienone is 1. The van der Waals surface area contributed by atoms with E-state index >= 15 is 0 Å². The number of hydrogen-bond acceptors (Lipinski definition) is 7. The lowest BCUT2D eigenvalue weighted by atomic mass is 10.0. The Labute approximate surface area is 181 Å². The number of para-hydroxylation sites is 1. The Bertz CT molecular complexity index is 1300. The molecule has 0 amide bonds. The van der Waals surface area contributed by atoms with Gasteiger partial charge in [-0.05, 0) is 37.4 Å². The van der Waals surface area contributed by atoms with Gasteiger partial charge in [0.15, 0.2) is 4.80 Å². The predicted molar refractivity (Wildman–Crippen MR) is 118 cm³/mol. The average Bonchev–Trinajstić information content (AvgIpc) is 3.36. The van der Waals surface area contributed by atoms with Crippen LogP contribution >= 0.6 is 22.7 Å². The molecule has 0 saturated carbocycles. The molecule has 3 heterocycles. The third-order valence-electron chi connectivity index (χ3n) is 4.76. The second-order valence-corrected chi connectivity index (χ2v) is 8.55. The Morgan fingerprint density at radius 3 is 2.77 bits per heavy atom. The van der Waals surface area contributed by atoms with Crippen LogP contribution in [0.15, 0.2) is 62.8 Å². The summed E-state index contributed by atoms with van der Waals surface area (Å²) in [7, 11) is 1.60. The highest BCUT2D eigenvalue weighted by Crippen LogP contribution is 2.33. The Kier molecular flexibility index (Phi) is 5.69. The van der Waals surface area contributed by atoms with E-state index in [1.54, 1.807) is 31.6 Å². The molecule has 6 nitrogen and oxygen atoms in total. The van der Waals surface area contributed by atoms with E-state index < -0.39 is 12.0 Å². The van der Waals surface area contributed by atoms with Crippen LogP contribution in [0.25, 0.3) is 6.08 Å². The zero-order valence-corrected chi connectivity index (χ0v) is 18.4. The van der Waals surface area contributed by atoms with E-state index in [1.165, 1.54) is 22.7 Å². The van der Waals surface area contributed by atoms with Crippen LogP contribution in [-0.2, 0) is 9.53 Å². The molecule has 1 aliphatic heterocycles. The van der Waals surface area contributed by atoms with Crippen molar-refractivity contribution in [2.45, 2.75) is 19.9 Å². The van der Waals surface area contributed by atoms with E-state index in [4.69, 9.17) is 9.47 Å². The van der Waals surface area contributed by atoms with Gasteiger partial charge in [-0.25, -0.2) is 9.79 Å². The van der Waals surface area contributed by atoms with Crippen LogP contribution in [0, 0.1) is 0 Å². The van der Waals surface area contributed by atoms with Crippen molar-refractivity contribution in [2.75, 3.05) is 13.7 Å². The van der Waals surface area contributed by atoms with Crippen molar-refractivity contribution in [1.82, 2.24) is 4.57 Å². The molecule has 1 aliphatic rings. The monoisotopic (exact) mass is 440 g/mol. The molecular weight excluding hydrogens is 420 g/mol. The first-order chi connectivity index (χ1) is 14.5. The number of thiazole rings is 1. The number of carbonyl (C=O) groups excluding carboxylic acids is 1. The maximum Gasteiger partial charge on any atom is 0.338 e. The third kappa shape index (κ3) is 3.53. The zero-order chi connectivity index (χ0) is 21.3. The molecule has 154 valence electrons. The van der Waals surface area contributed by atoms with E-state index in [-0.39, 0.29) is 12.2 Å². The van der Waals surface area contributed by atoms with Crippen molar-refractivity contribution in [2.24, 2.45) is 4.99 Å². The highest BCUT2D eigenvalue weighted by Gasteiger charge is 2.33. The van der Waals surface area contributed by atoms with Crippen molar-refractivity contribution in [3.8, 4) is 5.75 Å². The van der Waals surface area contributed by atoms with Crippen LogP contribution in [0.2, 0.25) is 0 Å². The van der Waals surface area contributed by atoms with Crippen LogP contribution < -0.4 is 19.6 Å². The number of ether oxygens (including phenoxy) is 2. The lowest BCUT2D eigenvalue weighted by molar-refractivity contribution is -0.139. The topological polar surface area (TPSA) is 69.9 Å². The minimum atomic E-state index is -0.555. The van der Waals surface area contributed by atoms with Gasteiger partial charge in [-0.3, -0.25) is 9.36 Å². The fraction of sp³-hybridized carbons (Fsp3) is 0.227. The van der Waals surface area contributed by atoms with Crippen LogP contribution in [0.5, 0.6) is 5.75 Å². The number of fused-ring (bicyclic) bond motifs is 1. The summed E-state index contributed by atoms with van der Waals surface area (Å²) in [6.45, 7) is 3.80. The van der Waals surface area contributed by atoms with Gasteiger partial charge in [0.2, 0.25) is 0 Å². The minimum Gasteiger partial charge on any atom is -0.496 e. The molecule has 8 heteroatoms. The number of benzene rings is 1. The summed E-state index contributed by atoms with van der Waals surface area (Å²) >= 11 is 2.79. The summed E-state index contributed by atoms with van der Waals surface area (Å²) in [4.78, 5) is 32.2. The summed E-state index contributed by atoms with van der Waals surface area (Å²) in [5, 5.41) is 1.93. The largest absolute Gasteiger partial charge is 0.496 e. The quantitative estimate of drug-likeness (QED) is 0.572. The first-order valence-electron chi connectivity index (χ1n) is 9.41. The first kappa shape index (κ1) is 20.3. The molecule has 0 bridgehead atoms. The van der Waals surface area contributed by atoms with Crippen molar-refractivity contribution in [3.05, 3.63) is 83.2 Å². The molecule has 30 heavy (non-hydrogen) atoms. The number of esters is 1. The summed E-state index contributed by atoms with van der Waals surface area (Å²) in [5.74, 6) is 0.234. The van der Waals surface area contributed by atoms with Gasteiger partial charge in [-0.1, -0.05) is 35.6 Å². The van der Waals surface area contributed by atoms with Crippen LogP contribution in [0.1, 0.15) is 30.3 Å². The van der Waals surface area contributed by atoms with Gasteiger partial charge in [-0.2, -0.15) is 0 Å². The fourth-order valence-electron chi connectivity index (χ4n) is 3.43. The van der Waals surface area contributed by atoms with Gasteiger partial charge in [0.1, 0.15) is 11.8 Å². The van der Waals surface area contributed by atoms with Crippen LogP contribution in [-0.4, -0.2) is 24.3 Å². The summed E-state index contributed by atoms with van der Waals surface area (Å²) < 4.78 is 12.8. The van der Waals surface area contributed by atoms with Crippen LogP contribution in [0.4, 0.5) is 0 Å². The van der Waals surface area contributed by atoms with E-state index in [2.05, 4.69) is 4.99 Å². The van der Waals surface area contributed by atoms with Crippen molar-refractivity contribution in [3.63, 3.8) is 0 Å². The van der Waals surface area contributed by atoms with Gasteiger partial charge in [0, 0.05) is 10.4 Å². The SMILES string of the molecule is CCOC(=O)C1=C(C)N=c2s/c(=C\c3ccccc3OC)c(=O)n2[C@H]1c1cccs1. The smallest absolute Gasteiger partial charge is 0.338 e. The second-order valence-electron chi connectivity index (χ2n) is 6.56. The van der Waals surface area contributed by atoms with E-state index in [9.17, 15) is 9.59 Å². The third-order valence-corrected chi connectivity index (χ3v) is 6.66. The fourth-order valence-corrected chi connectivity index (χ4v) is 5.30. The van der Waals surface area contributed by atoms with Crippen molar-refractivity contribution in [1.29, 1.82) is 0 Å². The summed E-state index contributed by atoms with van der Waals surface area (Å²) in [6.07, 6.45) is 1.80. The van der Waals surface area contributed by atoms with Crippen molar-refractivity contribution >= 4 is 34.7 Å². The molecule has 0 unspecified atom stereocenters. The molecule has 0 spiro atoms. The number of thiophene rings is 1. The Morgan fingerprint density at radius 2 is 2.07 bits per heavy atom. The Hall–Kier alpha value is -2.97. The lowest BCUT2D eigenvalue weighted by Gasteiger charge is -2.23. The normalized spacial score (nSPS) is 16.2. The molecule has 1 aromatic carbocycles. The number of carbonyl (C=O) groups is 1. The molecule has 1 atom stereocenters. The number of nitrogens with zero attached hydrogens (tertiary/aromatic N) is 2. The average molecular weight is 441 g/mol. The predicted octanol–water partition coefficient (Wildman–Crippen LogP) is 2.87. The maximum atomic E-state index is 13.4. The van der Waals surface area contributed by atoms with E-state index in [0.29, 0.717) is 26.4 Å².